The molecule has 3 atom stereocenters. The van der Waals surface area contributed by atoms with Gasteiger partial charge in [-0.05, 0) is 54.9 Å². The Labute approximate surface area is 146 Å². The Morgan fingerprint density at radius 1 is 1.12 bits per heavy atom. The summed E-state index contributed by atoms with van der Waals surface area (Å²) >= 11 is 0. The average Bonchev–Trinajstić information content (AvgIpc) is 2.97. The van der Waals surface area contributed by atoms with Crippen molar-refractivity contribution in [1.82, 2.24) is 5.32 Å². The summed E-state index contributed by atoms with van der Waals surface area (Å²) in [6.45, 7) is 2.86. The van der Waals surface area contributed by atoms with Gasteiger partial charge in [0.15, 0.2) is 0 Å². The summed E-state index contributed by atoms with van der Waals surface area (Å²) in [5.41, 5.74) is 3.54. The number of hydrogen-bond donors (Lipinski definition) is 1. The number of nitrogens with one attached hydrogen (secondary N) is 1. The zero-order valence-electron chi connectivity index (χ0n) is 14.2. The summed E-state index contributed by atoms with van der Waals surface area (Å²) in [5, 5.41) is 3.58. The smallest absolute Gasteiger partial charge is 0.313 e. The first kappa shape index (κ1) is 16.6. The second kappa shape index (κ2) is 6.17. The molecule has 0 saturated carbocycles. The van der Waals surface area contributed by atoms with Crippen LogP contribution >= 0.6 is 0 Å². The molecule has 2 aliphatic rings. The Kier molecular flexibility index (Phi) is 4.11. The van der Waals surface area contributed by atoms with Gasteiger partial charge < -0.3 is 5.32 Å². The lowest BCUT2D eigenvalue weighted by molar-refractivity contribution is -0.138. The van der Waals surface area contributed by atoms with Gasteiger partial charge in [0.2, 0.25) is 0 Å². The van der Waals surface area contributed by atoms with Crippen LogP contribution in [0, 0.1) is 12.8 Å². The van der Waals surface area contributed by atoms with Gasteiger partial charge in [-0.1, -0.05) is 42.0 Å². The fourth-order valence-corrected chi connectivity index (χ4v) is 4.73. The van der Waals surface area contributed by atoms with Gasteiger partial charge in [0.1, 0.15) is 0 Å². The predicted molar refractivity (Wildman–Crippen MR) is 92.7 cm³/mol. The summed E-state index contributed by atoms with van der Waals surface area (Å²) in [6, 6.07) is 13.5. The minimum absolute atomic E-state index is 0.195. The molecule has 0 aromatic heterocycles. The van der Waals surface area contributed by atoms with Crippen LogP contribution in [0.5, 0.6) is 0 Å². The van der Waals surface area contributed by atoms with Crippen LogP contribution < -0.4 is 5.32 Å². The number of fused-ring (bicyclic) bond motifs is 3. The van der Waals surface area contributed by atoms with Crippen molar-refractivity contribution in [3.8, 4) is 0 Å². The maximum absolute atomic E-state index is 13.3. The lowest BCUT2D eigenvalue weighted by Gasteiger charge is -2.32. The van der Waals surface area contributed by atoms with Crippen LogP contribution in [0.25, 0.3) is 0 Å². The predicted octanol–water partition coefficient (Wildman–Crippen LogP) is 4.87. The molecular formula is C21H22F3N. The second-order valence-electron chi connectivity index (χ2n) is 7.39. The van der Waals surface area contributed by atoms with Crippen LogP contribution in [-0.4, -0.2) is 12.6 Å². The highest BCUT2D eigenvalue weighted by Crippen LogP contribution is 2.45. The molecule has 1 fully saturated rings. The highest BCUT2D eigenvalue weighted by molar-refractivity contribution is 5.43. The van der Waals surface area contributed by atoms with Crippen molar-refractivity contribution in [2.45, 2.75) is 44.3 Å². The third-order valence-corrected chi connectivity index (χ3v) is 5.82. The van der Waals surface area contributed by atoms with E-state index in [1.165, 1.54) is 17.2 Å². The number of hydrogen-bond acceptors (Lipinski definition) is 1. The SMILES string of the molecule is Cc1cccc(C[C@H]2NC[C@@H]3c4cccc(C(F)(F)F)c4CCC32)c1. The van der Waals surface area contributed by atoms with E-state index in [1.54, 1.807) is 6.07 Å². The van der Waals surface area contributed by atoms with Gasteiger partial charge in [0, 0.05) is 18.5 Å². The van der Waals surface area contributed by atoms with Crippen LogP contribution in [0.2, 0.25) is 0 Å². The van der Waals surface area contributed by atoms with E-state index in [2.05, 4.69) is 36.5 Å². The van der Waals surface area contributed by atoms with Crippen molar-refractivity contribution >= 4 is 0 Å². The minimum atomic E-state index is -4.26. The molecule has 1 aliphatic heterocycles. The summed E-state index contributed by atoms with van der Waals surface area (Å²) < 4.78 is 39.9. The molecule has 25 heavy (non-hydrogen) atoms. The highest BCUT2D eigenvalue weighted by atomic mass is 19.4. The second-order valence-corrected chi connectivity index (χ2v) is 7.39. The largest absolute Gasteiger partial charge is 0.416 e. The molecular weight excluding hydrogens is 323 g/mol. The fourth-order valence-electron chi connectivity index (χ4n) is 4.73. The van der Waals surface area contributed by atoms with Crippen LogP contribution in [0.3, 0.4) is 0 Å². The summed E-state index contributed by atoms with van der Waals surface area (Å²) in [7, 11) is 0. The molecule has 132 valence electrons. The minimum Gasteiger partial charge on any atom is -0.313 e. The Balaban J connectivity index is 1.60. The molecule has 0 bridgehead atoms. The first-order chi connectivity index (χ1) is 11.9. The molecule has 1 heterocycles. The molecule has 1 nitrogen and oxygen atoms in total. The monoisotopic (exact) mass is 345 g/mol. The quantitative estimate of drug-likeness (QED) is 0.818. The average molecular weight is 345 g/mol. The molecule has 1 unspecified atom stereocenters. The van der Waals surface area contributed by atoms with E-state index in [0.29, 0.717) is 23.9 Å². The van der Waals surface area contributed by atoms with Crippen molar-refractivity contribution in [1.29, 1.82) is 0 Å². The molecule has 1 aliphatic carbocycles. The van der Waals surface area contributed by atoms with Crippen molar-refractivity contribution in [2.75, 3.05) is 6.54 Å². The van der Waals surface area contributed by atoms with Crippen LogP contribution in [0.4, 0.5) is 13.2 Å². The zero-order valence-corrected chi connectivity index (χ0v) is 14.2. The van der Waals surface area contributed by atoms with Gasteiger partial charge in [-0.15, -0.1) is 0 Å². The Morgan fingerprint density at radius 3 is 2.68 bits per heavy atom. The fraction of sp³-hybridized carbons (Fsp3) is 0.429. The van der Waals surface area contributed by atoms with E-state index in [4.69, 9.17) is 0 Å². The summed E-state index contributed by atoms with van der Waals surface area (Å²) in [5.74, 6) is 0.609. The van der Waals surface area contributed by atoms with E-state index < -0.39 is 11.7 Å². The molecule has 4 rings (SSSR count). The molecule has 4 heteroatoms. The highest BCUT2D eigenvalue weighted by Gasteiger charge is 2.43. The molecule has 0 radical (unpaired) electrons. The molecule has 2 aromatic carbocycles. The van der Waals surface area contributed by atoms with E-state index in [-0.39, 0.29) is 5.92 Å². The van der Waals surface area contributed by atoms with E-state index in [1.807, 2.05) is 6.07 Å². The zero-order chi connectivity index (χ0) is 17.6. The van der Waals surface area contributed by atoms with Gasteiger partial charge in [-0.3, -0.25) is 0 Å². The first-order valence-electron chi connectivity index (χ1n) is 8.91. The standard InChI is InChI=1S/C21H22F3N/c1-13-4-2-5-14(10-13)11-20-17-9-8-16-15(18(17)12-25-20)6-3-7-19(16)21(22,23)24/h2-7,10,17-18,20,25H,8-9,11-12H2,1H3/t17?,18-,20-/m1/s1. The van der Waals surface area contributed by atoms with E-state index in [0.717, 1.165) is 24.9 Å². The number of rotatable bonds is 2. The van der Waals surface area contributed by atoms with Crippen molar-refractivity contribution < 1.29 is 13.2 Å². The third kappa shape index (κ3) is 3.08. The van der Waals surface area contributed by atoms with Crippen molar-refractivity contribution in [3.05, 3.63) is 70.3 Å². The Morgan fingerprint density at radius 2 is 1.92 bits per heavy atom. The molecule has 2 aromatic rings. The normalized spacial score (nSPS) is 25.5. The van der Waals surface area contributed by atoms with Crippen LogP contribution in [0.15, 0.2) is 42.5 Å². The number of halogens is 3. The lowest BCUT2D eigenvalue weighted by Crippen LogP contribution is -2.31. The van der Waals surface area contributed by atoms with Crippen molar-refractivity contribution in [2.24, 2.45) is 5.92 Å². The van der Waals surface area contributed by atoms with Gasteiger partial charge in [0.05, 0.1) is 5.56 Å². The lowest BCUT2D eigenvalue weighted by atomic mass is 9.72. The molecule has 1 saturated heterocycles. The van der Waals surface area contributed by atoms with E-state index >= 15 is 0 Å². The van der Waals surface area contributed by atoms with Crippen LogP contribution in [-0.2, 0) is 19.0 Å². The Bertz CT molecular complexity index is 781. The van der Waals surface area contributed by atoms with Gasteiger partial charge in [0.25, 0.3) is 0 Å². The topological polar surface area (TPSA) is 12.0 Å². The summed E-state index contributed by atoms with van der Waals surface area (Å²) in [4.78, 5) is 0. The number of aryl methyl sites for hydroxylation is 1. The van der Waals surface area contributed by atoms with Crippen LogP contribution in [0.1, 0.15) is 40.2 Å². The van der Waals surface area contributed by atoms with Gasteiger partial charge in [-0.25, -0.2) is 0 Å². The van der Waals surface area contributed by atoms with Gasteiger partial charge in [-0.2, -0.15) is 13.2 Å². The maximum Gasteiger partial charge on any atom is 0.416 e. The molecule has 0 spiro atoms. The number of alkyl halides is 3. The maximum atomic E-state index is 13.3. The number of benzene rings is 2. The van der Waals surface area contributed by atoms with E-state index in [9.17, 15) is 13.2 Å². The summed E-state index contributed by atoms with van der Waals surface area (Å²) in [6.07, 6.45) is -1.96. The molecule has 1 N–H and O–H groups in total. The first-order valence-corrected chi connectivity index (χ1v) is 8.91. The Hall–Kier alpha value is -1.81. The van der Waals surface area contributed by atoms with Gasteiger partial charge >= 0.3 is 6.18 Å². The third-order valence-electron chi connectivity index (χ3n) is 5.82. The molecule has 0 amide bonds. The van der Waals surface area contributed by atoms with Crippen molar-refractivity contribution in [3.63, 3.8) is 0 Å².